The van der Waals surface area contributed by atoms with Crippen LogP contribution in [-0.2, 0) is 17.7 Å². The van der Waals surface area contributed by atoms with Crippen LogP contribution in [0.15, 0.2) is 41.2 Å². The van der Waals surface area contributed by atoms with Crippen LogP contribution in [0.25, 0.3) is 6.08 Å². The first-order chi connectivity index (χ1) is 14.9. The van der Waals surface area contributed by atoms with Crippen molar-refractivity contribution in [3.05, 3.63) is 63.6 Å². The number of pyridine rings is 1. The molecule has 0 bridgehead atoms. The highest BCUT2D eigenvalue weighted by molar-refractivity contribution is 5.93. The fourth-order valence-electron chi connectivity index (χ4n) is 3.70. The summed E-state index contributed by atoms with van der Waals surface area (Å²) < 4.78 is 17.6. The van der Waals surface area contributed by atoms with Crippen LogP contribution in [0.5, 0.6) is 11.5 Å². The van der Waals surface area contributed by atoms with E-state index < -0.39 is 5.97 Å². The lowest BCUT2D eigenvalue weighted by molar-refractivity contribution is 0.0591. The molecular weight excluding hydrogens is 396 g/mol. The molecule has 0 atom stereocenters. The third kappa shape index (κ3) is 5.55. The third-order valence-electron chi connectivity index (χ3n) is 5.23. The number of fused-ring (bicyclic) bond motifs is 1. The lowest BCUT2D eigenvalue weighted by atomic mass is 10.1. The first-order valence-electron chi connectivity index (χ1n) is 10.5. The van der Waals surface area contributed by atoms with Gasteiger partial charge in [0.1, 0.15) is 17.1 Å². The van der Waals surface area contributed by atoms with Gasteiger partial charge in [-0.05, 0) is 31.5 Å². The zero-order chi connectivity index (χ0) is 22.4. The Labute approximate surface area is 182 Å². The lowest BCUT2D eigenvalue weighted by Gasteiger charge is -2.18. The van der Waals surface area contributed by atoms with E-state index in [2.05, 4.69) is 17.1 Å². The van der Waals surface area contributed by atoms with Gasteiger partial charge in [-0.15, -0.1) is 0 Å². The van der Waals surface area contributed by atoms with Gasteiger partial charge < -0.3 is 18.8 Å². The number of nitrogens with zero attached hydrogens (tertiary/aromatic N) is 2. The van der Waals surface area contributed by atoms with Gasteiger partial charge in [0.2, 0.25) is 0 Å². The SMILES string of the molecule is COC(=O)c1c(OC(C)C)cc(=O)n2c1CCN(C/C=C/c1ccc(OC)cc1)CC2. The number of benzene rings is 1. The monoisotopic (exact) mass is 426 g/mol. The molecule has 31 heavy (non-hydrogen) atoms. The Morgan fingerprint density at radius 1 is 1.13 bits per heavy atom. The highest BCUT2D eigenvalue weighted by atomic mass is 16.5. The molecule has 1 aromatic heterocycles. The van der Waals surface area contributed by atoms with E-state index in [4.69, 9.17) is 14.2 Å². The van der Waals surface area contributed by atoms with Crippen LogP contribution in [0.1, 0.15) is 35.5 Å². The molecule has 0 saturated carbocycles. The minimum absolute atomic E-state index is 0.156. The van der Waals surface area contributed by atoms with E-state index in [0.717, 1.165) is 24.4 Å². The molecule has 0 N–H and O–H groups in total. The quantitative estimate of drug-likeness (QED) is 0.634. The fraction of sp³-hybridized carbons (Fsp3) is 0.417. The van der Waals surface area contributed by atoms with Crippen molar-refractivity contribution in [1.29, 1.82) is 0 Å². The summed E-state index contributed by atoms with van der Waals surface area (Å²) in [7, 11) is 2.99. The van der Waals surface area contributed by atoms with Crippen LogP contribution in [0, 0.1) is 0 Å². The van der Waals surface area contributed by atoms with Crippen molar-refractivity contribution in [3.8, 4) is 11.5 Å². The van der Waals surface area contributed by atoms with Gasteiger partial charge in [0.05, 0.1) is 20.3 Å². The average molecular weight is 427 g/mol. The Hall–Kier alpha value is -3.06. The predicted molar refractivity (Wildman–Crippen MR) is 120 cm³/mol. The molecule has 1 aliphatic rings. The summed E-state index contributed by atoms with van der Waals surface area (Å²) in [5.41, 5.74) is 1.97. The Morgan fingerprint density at radius 2 is 1.87 bits per heavy atom. The van der Waals surface area contributed by atoms with Gasteiger partial charge in [0, 0.05) is 44.4 Å². The summed E-state index contributed by atoms with van der Waals surface area (Å²) in [4.78, 5) is 27.5. The van der Waals surface area contributed by atoms with Gasteiger partial charge in [-0.2, -0.15) is 0 Å². The molecule has 2 heterocycles. The molecule has 0 fully saturated rings. The molecule has 2 aromatic rings. The second-order valence-electron chi connectivity index (χ2n) is 7.70. The van der Waals surface area contributed by atoms with Crippen molar-refractivity contribution < 1.29 is 19.0 Å². The molecule has 0 saturated heterocycles. The predicted octanol–water partition coefficient (Wildman–Crippen LogP) is 3.00. The van der Waals surface area contributed by atoms with Gasteiger partial charge in [0.25, 0.3) is 5.56 Å². The van der Waals surface area contributed by atoms with Crippen LogP contribution >= 0.6 is 0 Å². The van der Waals surface area contributed by atoms with Gasteiger partial charge in [-0.3, -0.25) is 9.69 Å². The van der Waals surface area contributed by atoms with E-state index in [9.17, 15) is 9.59 Å². The van der Waals surface area contributed by atoms with E-state index in [-0.39, 0.29) is 11.7 Å². The molecule has 0 amide bonds. The smallest absolute Gasteiger partial charge is 0.343 e. The number of rotatable bonds is 7. The second kappa shape index (κ2) is 10.3. The molecule has 7 heteroatoms. The van der Waals surface area contributed by atoms with Crippen LogP contribution < -0.4 is 15.0 Å². The molecule has 0 unspecified atom stereocenters. The fourth-order valence-corrected chi connectivity index (χ4v) is 3.70. The van der Waals surface area contributed by atoms with Gasteiger partial charge in [-0.25, -0.2) is 4.79 Å². The van der Waals surface area contributed by atoms with E-state index in [0.29, 0.717) is 36.5 Å². The standard InChI is InChI=1S/C24H30N2O5/c1-17(2)31-21-16-22(27)26-15-14-25(13-11-20(26)23(21)24(28)30-4)12-5-6-18-7-9-19(29-3)10-8-18/h5-10,16-17H,11-15H2,1-4H3/b6-5+. The molecule has 0 radical (unpaired) electrons. The number of carbonyl (C=O) groups excluding carboxylic acids is 1. The van der Waals surface area contributed by atoms with Gasteiger partial charge in [0.15, 0.2) is 0 Å². The summed E-state index contributed by atoms with van der Waals surface area (Å²) in [5, 5.41) is 0. The molecule has 1 aliphatic heterocycles. The number of carbonyl (C=O) groups is 1. The van der Waals surface area contributed by atoms with Crippen LogP contribution in [0.3, 0.4) is 0 Å². The first-order valence-corrected chi connectivity index (χ1v) is 10.5. The van der Waals surface area contributed by atoms with Crippen LogP contribution in [-0.4, -0.2) is 55.4 Å². The Balaban J connectivity index is 1.77. The second-order valence-corrected chi connectivity index (χ2v) is 7.70. The van der Waals surface area contributed by atoms with Gasteiger partial charge >= 0.3 is 5.97 Å². The zero-order valence-corrected chi connectivity index (χ0v) is 18.6. The van der Waals surface area contributed by atoms with E-state index >= 15 is 0 Å². The third-order valence-corrected chi connectivity index (χ3v) is 5.23. The Bertz CT molecular complexity index is 992. The van der Waals surface area contributed by atoms with E-state index in [1.807, 2.05) is 38.1 Å². The largest absolute Gasteiger partial charge is 0.497 e. The highest BCUT2D eigenvalue weighted by Gasteiger charge is 2.26. The van der Waals surface area contributed by atoms with Crippen molar-refractivity contribution in [1.82, 2.24) is 9.47 Å². The first kappa shape index (κ1) is 22.6. The molecule has 7 nitrogen and oxygen atoms in total. The average Bonchev–Trinajstić information content (AvgIpc) is 2.97. The summed E-state index contributed by atoms with van der Waals surface area (Å²) in [6.07, 6.45) is 4.58. The lowest BCUT2D eigenvalue weighted by Crippen LogP contribution is -2.29. The summed E-state index contributed by atoms with van der Waals surface area (Å²) in [6.45, 7) is 6.42. The number of hydrogen-bond acceptors (Lipinski definition) is 6. The maximum Gasteiger partial charge on any atom is 0.343 e. The Morgan fingerprint density at radius 3 is 2.52 bits per heavy atom. The van der Waals surface area contributed by atoms with E-state index in [1.165, 1.54) is 13.2 Å². The molecule has 0 spiro atoms. The molecular formula is C24H30N2O5. The molecule has 166 valence electrons. The van der Waals surface area contributed by atoms with Crippen molar-refractivity contribution in [3.63, 3.8) is 0 Å². The van der Waals surface area contributed by atoms with Crippen molar-refractivity contribution in [2.45, 2.75) is 32.9 Å². The molecule has 0 aliphatic carbocycles. The number of methoxy groups -OCH3 is 2. The number of aromatic nitrogens is 1. The summed E-state index contributed by atoms with van der Waals surface area (Å²) >= 11 is 0. The maximum atomic E-state index is 12.7. The van der Waals surface area contributed by atoms with Crippen LogP contribution in [0.2, 0.25) is 0 Å². The van der Waals surface area contributed by atoms with Gasteiger partial charge in [-0.1, -0.05) is 24.3 Å². The normalized spacial score (nSPS) is 14.4. The Kier molecular flexibility index (Phi) is 7.52. The topological polar surface area (TPSA) is 70.0 Å². The van der Waals surface area contributed by atoms with Crippen LogP contribution in [0.4, 0.5) is 0 Å². The zero-order valence-electron chi connectivity index (χ0n) is 18.6. The number of esters is 1. The van der Waals surface area contributed by atoms with Crippen molar-refractivity contribution >= 4 is 12.0 Å². The minimum Gasteiger partial charge on any atom is -0.497 e. The van der Waals surface area contributed by atoms with Crippen molar-refractivity contribution in [2.24, 2.45) is 0 Å². The van der Waals surface area contributed by atoms with Crippen molar-refractivity contribution in [2.75, 3.05) is 33.9 Å². The highest BCUT2D eigenvalue weighted by Crippen LogP contribution is 2.25. The molecule has 3 rings (SSSR count). The maximum absolute atomic E-state index is 12.7. The van der Waals surface area contributed by atoms with E-state index in [1.54, 1.807) is 11.7 Å². The summed E-state index contributed by atoms with van der Waals surface area (Å²) in [5.74, 6) is 0.647. The minimum atomic E-state index is -0.479. The number of hydrogen-bond donors (Lipinski definition) is 0. The summed E-state index contributed by atoms with van der Waals surface area (Å²) in [6, 6.07) is 9.27. The molecule has 1 aromatic carbocycles. The number of ether oxygens (including phenoxy) is 3.